The molecule has 29 heavy (non-hydrogen) atoms. The number of aliphatic hydroxyl groups is 1. The van der Waals surface area contributed by atoms with Gasteiger partial charge in [-0.15, -0.1) is 0 Å². The molecule has 0 radical (unpaired) electrons. The maximum atomic E-state index is 13.0. The van der Waals surface area contributed by atoms with Gasteiger partial charge >= 0.3 is 6.18 Å². The van der Waals surface area contributed by atoms with Crippen LogP contribution in [0.15, 0.2) is 41.6 Å². The summed E-state index contributed by atoms with van der Waals surface area (Å²) >= 11 is 0. The fourth-order valence-corrected chi connectivity index (χ4v) is 4.37. The summed E-state index contributed by atoms with van der Waals surface area (Å²) < 4.78 is 64.5. The second-order valence-corrected chi connectivity index (χ2v) is 8.49. The van der Waals surface area contributed by atoms with Crippen LogP contribution in [0.3, 0.4) is 0 Å². The minimum atomic E-state index is -5.31. The van der Waals surface area contributed by atoms with Crippen molar-refractivity contribution in [1.82, 2.24) is 0 Å². The summed E-state index contributed by atoms with van der Waals surface area (Å²) in [6.07, 6.45) is -3.44. The number of aromatic nitrogens is 1. The van der Waals surface area contributed by atoms with Crippen molar-refractivity contribution in [2.24, 2.45) is 0 Å². The van der Waals surface area contributed by atoms with E-state index in [1.165, 1.54) is 0 Å². The van der Waals surface area contributed by atoms with E-state index in [0.717, 1.165) is 36.7 Å². The molecule has 12 heteroatoms. The molecule has 2 aromatic rings. The lowest BCUT2D eigenvalue weighted by molar-refractivity contribution is -0.605. The van der Waals surface area contributed by atoms with Crippen molar-refractivity contribution >= 4 is 27.2 Å². The van der Waals surface area contributed by atoms with Gasteiger partial charge < -0.3 is 15.6 Å². The van der Waals surface area contributed by atoms with Crippen molar-refractivity contribution in [3.63, 3.8) is 0 Å². The number of sulfone groups is 1. The van der Waals surface area contributed by atoms with Crippen LogP contribution in [0.1, 0.15) is 28.4 Å². The van der Waals surface area contributed by atoms with E-state index in [4.69, 9.17) is 0 Å². The van der Waals surface area contributed by atoms with Crippen molar-refractivity contribution in [2.75, 3.05) is 5.32 Å². The Balaban J connectivity index is 2.18. The lowest BCUT2D eigenvalue weighted by Crippen LogP contribution is -2.52. The van der Waals surface area contributed by atoms with E-state index in [2.05, 4.69) is 0 Å². The van der Waals surface area contributed by atoms with Gasteiger partial charge in [0.2, 0.25) is 5.60 Å². The number of rotatable bonds is 2. The number of alkyl halides is 3. The number of nitrogens with one attached hydrogen (secondary N) is 1. The molecule has 0 bridgehead atoms. The molecule has 0 saturated carbocycles. The highest BCUT2D eigenvalue weighted by Crippen LogP contribution is 2.35. The molecule has 0 spiro atoms. The summed E-state index contributed by atoms with van der Waals surface area (Å²) in [7, 11) is -4.17. The Morgan fingerprint density at radius 1 is 1.28 bits per heavy atom. The summed E-state index contributed by atoms with van der Waals surface area (Å²) in [5.74, 6) is -3.49. The SMILES string of the molecule is CC(O)(C(=O)Nc1cccc2c1C(=O)c1cc[n+]([O-])cc1CS2(=O)=O)C(F)(F)F. The maximum absolute atomic E-state index is 13.0. The molecule has 1 aliphatic heterocycles. The Hall–Kier alpha value is -2.99. The Morgan fingerprint density at radius 3 is 2.55 bits per heavy atom. The topological polar surface area (TPSA) is 127 Å². The van der Waals surface area contributed by atoms with Gasteiger partial charge in [0.25, 0.3) is 5.91 Å². The van der Waals surface area contributed by atoms with Crippen molar-refractivity contribution in [3.8, 4) is 0 Å². The van der Waals surface area contributed by atoms with Gasteiger partial charge in [-0.1, -0.05) is 6.07 Å². The first kappa shape index (κ1) is 20.7. The molecule has 1 aliphatic rings. The number of pyridine rings is 1. The Labute approximate surface area is 162 Å². The molecule has 2 heterocycles. The van der Waals surface area contributed by atoms with E-state index in [1.54, 1.807) is 5.32 Å². The number of amides is 1. The summed E-state index contributed by atoms with van der Waals surface area (Å²) in [5, 5.41) is 22.8. The minimum absolute atomic E-state index is 0.0942. The number of halogens is 3. The predicted molar refractivity (Wildman–Crippen MR) is 91.5 cm³/mol. The number of anilines is 1. The average molecular weight is 430 g/mol. The van der Waals surface area contributed by atoms with Crippen molar-refractivity contribution in [3.05, 3.63) is 58.6 Å². The van der Waals surface area contributed by atoms with Crippen LogP contribution in [0.5, 0.6) is 0 Å². The van der Waals surface area contributed by atoms with Gasteiger partial charge in [-0.25, -0.2) is 8.42 Å². The van der Waals surface area contributed by atoms with Crippen LogP contribution in [-0.2, 0) is 20.4 Å². The second-order valence-electron chi connectivity index (χ2n) is 6.53. The van der Waals surface area contributed by atoms with Crippen LogP contribution in [-0.4, -0.2) is 37.0 Å². The molecule has 1 amide bonds. The summed E-state index contributed by atoms with van der Waals surface area (Å²) in [6, 6.07) is 4.32. The quantitative estimate of drug-likeness (QED) is 0.542. The molecular formula is C17H13F3N2O6S. The maximum Gasteiger partial charge on any atom is 0.426 e. The molecular weight excluding hydrogens is 417 g/mol. The Bertz CT molecular complexity index is 1140. The zero-order valence-corrected chi connectivity index (χ0v) is 15.5. The molecule has 8 nitrogen and oxygen atoms in total. The lowest BCUT2D eigenvalue weighted by Gasteiger charge is -2.25. The number of fused-ring (bicyclic) bond motifs is 2. The number of benzene rings is 1. The van der Waals surface area contributed by atoms with Gasteiger partial charge in [0.15, 0.2) is 28.0 Å². The van der Waals surface area contributed by atoms with E-state index in [9.17, 15) is 41.5 Å². The van der Waals surface area contributed by atoms with Crippen LogP contribution in [0.2, 0.25) is 0 Å². The van der Waals surface area contributed by atoms with E-state index in [0.29, 0.717) is 4.73 Å². The van der Waals surface area contributed by atoms with E-state index >= 15 is 0 Å². The van der Waals surface area contributed by atoms with E-state index in [1.807, 2.05) is 0 Å². The van der Waals surface area contributed by atoms with Gasteiger partial charge in [-0.2, -0.15) is 17.9 Å². The van der Waals surface area contributed by atoms with Gasteiger partial charge in [0, 0.05) is 17.2 Å². The van der Waals surface area contributed by atoms with E-state index in [-0.39, 0.29) is 18.1 Å². The molecule has 1 atom stereocenters. The normalized spacial score (nSPS) is 17.5. The van der Waals surface area contributed by atoms with Crippen LogP contribution >= 0.6 is 0 Å². The third-order valence-corrected chi connectivity index (χ3v) is 6.14. The van der Waals surface area contributed by atoms with Crippen LogP contribution in [0.4, 0.5) is 18.9 Å². The zero-order valence-electron chi connectivity index (χ0n) is 14.6. The van der Waals surface area contributed by atoms with Crippen LogP contribution < -0.4 is 10.0 Å². The fraction of sp³-hybridized carbons (Fsp3) is 0.235. The number of hydrogen-bond donors (Lipinski definition) is 2. The summed E-state index contributed by atoms with van der Waals surface area (Å²) in [5.41, 5.74) is -5.10. The lowest BCUT2D eigenvalue weighted by atomic mass is 9.98. The highest BCUT2D eigenvalue weighted by Gasteiger charge is 2.56. The number of nitrogens with zero attached hydrogens (tertiary/aromatic N) is 1. The number of hydrogen-bond acceptors (Lipinski definition) is 6. The first-order chi connectivity index (χ1) is 13.3. The molecule has 2 N–H and O–H groups in total. The highest BCUT2D eigenvalue weighted by atomic mass is 32.2. The Morgan fingerprint density at radius 2 is 1.93 bits per heavy atom. The zero-order chi connectivity index (χ0) is 21.8. The van der Waals surface area contributed by atoms with Crippen molar-refractivity contribution in [2.45, 2.75) is 29.3 Å². The van der Waals surface area contributed by atoms with Crippen molar-refractivity contribution in [1.29, 1.82) is 0 Å². The molecule has 1 aromatic carbocycles. The molecule has 3 rings (SSSR count). The van der Waals surface area contributed by atoms with Crippen LogP contribution in [0, 0.1) is 5.21 Å². The first-order valence-electron chi connectivity index (χ1n) is 7.98. The molecule has 1 unspecified atom stereocenters. The monoisotopic (exact) mass is 430 g/mol. The summed E-state index contributed by atoms with van der Waals surface area (Å²) in [4.78, 5) is 24.5. The number of carbonyl (C=O) groups excluding carboxylic acids is 2. The number of carbonyl (C=O) groups is 2. The smallest absolute Gasteiger partial charge is 0.426 e. The summed E-state index contributed by atoms with van der Waals surface area (Å²) in [6.45, 7) is 0.227. The molecule has 0 aliphatic carbocycles. The largest absolute Gasteiger partial charge is 0.619 e. The van der Waals surface area contributed by atoms with E-state index < -0.39 is 55.2 Å². The fourth-order valence-electron chi connectivity index (χ4n) is 2.78. The molecule has 0 saturated heterocycles. The minimum Gasteiger partial charge on any atom is -0.619 e. The molecule has 0 fully saturated rings. The van der Waals surface area contributed by atoms with Gasteiger partial charge in [-0.05, 0) is 19.1 Å². The van der Waals surface area contributed by atoms with Crippen LogP contribution in [0.25, 0.3) is 0 Å². The standard InChI is InChI=1S/C17H13F3N2O6S/c1-16(25,17(18,19)20)15(24)21-11-3-2-4-12-13(11)14(23)10-5-6-22(26)7-9(10)8-29(12,27)28/h2-7,25H,8H2,1H3,(H,21,24). The predicted octanol–water partition coefficient (Wildman–Crippen LogP) is 1.09. The van der Waals surface area contributed by atoms with Gasteiger partial charge in [0.1, 0.15) is 0 Å². The van der Waals surface area contributed by atoms with Gasteiger partial charge in [0.05, 0.1) is 21.9 Å². The van der Waals surface area contributed by atoms with Crippen molar-refractivity contribution < 1.29 is 41.0 Å². The number of ketones is 1. The third-order valence-electron chi connectivity index (χ3n) is 4.44. The molecule has 154 valence electrons. The second kappa shape index (κ2) is 6.52. The molecule has 1 aromatic heterocycles. The highest BCUT2D eigenvalue weighted by molar-refractivity contribution is 7.90. The third kappa shape index (κ3) is 3.44. The average Bonchev–Trinajstić information content (AvgIpc) is 2.67. The first-order valence-corrected chi connectivity index (χ1v) is 9.63. The Kier molecular flexibility index (Phi) is 4.67. The van der Waals surface area contributed by atoms with Gasteiger partial charge in [-0.3, -0.25) is 9.59 Å².